The number of benzene rings is 2. The Bertz CT molecular complexity index is 735. The van der Waals surface area contributed by atoms with Crippen molar-refractivity contribution in [3.63, 3.8) is 0 Å². The molecule has 2 aromatic carbocycles. The largest absolute Gasteiger partial charge is 0.497 e. The second-order valence-corrected chi connectivity index (χ2v) is 5.30. The monoisotopic (exact) mass is 365 g/mol. The van der Waals surface area contributed by atoms with Gasteiger partial charge in [-0.15, -0.1) is 0 Å². The van der Waals surface area contributed by atoms with Gasteiger partial charge in [-0.3, -0.25) is 5.43 Å². The highest BCUT2D eigenvalue weighted by Gasteiger charge is 2.05. The number of anilines is 1. The van der Waals surface area contributed by atoms with E-state index in [0.717, 1.165) is 17.0 Å². The van der Waals surface area contributed by atoms with Crippen LogP contribution in [-0.2, 0) is 0 Å². The van der Waals surface area contributed by atoms with E-state index in [2.05, 4.69) is 20.6 Å². The van der Waals surface area contributed by atoms with Gasteiger partial charge in [-0.05, 0) is 73.2 Å². The Morgan fingerprint density at radius 2 is 1.64 bits per heavy atom. The normalized spacial score (nSPS) is 11.2. The molecule has 2 N–H and O–H groups in total. The molecule has 0 aliphatic rings. The minimum atomic E-state index is -2.84. The average Bonchev–Trinajstić information content (AvgIpc) is 2.60. The van der Waals surface area contributed by atoms with E-state index in [1.165, 1.54) is 12.1 Å². The Hall–Kier alpha value is -2.74. The van der Waals surface area contributed by atoms with Crippen LogP contribution in [0, 0.1) is 0 Å². The molecule has 0 saturated carbocycles. The molecule has 0 unspecified atom stereocenters. The molecule has 0 aliphatic carbocycles. The summed E-state index contributed by atoms with van der Waals surface area (Å²) in [5.41, 5.74) is 4.91. The Labute approximate surface area is 149 Å². The number of hydrazone groups is 1. The van der Waals surface area contributed by atoms with Gasteiger partial charge in [-0.1, -0.05) is 0 Å². The summed E-state index contributed by atoms with van der Waals surface area (Å²) < 4.78 is 33.6. The Kier molecular flexibility index (Phi) is 6.64. The SMILES string of the molecule is COc1ccc(NC(=S)N/N=C(\C)c2ccc(OC(F)F)cc2)cc1. The number of ether oxygens (including phenoxy) is 2. The van der Waals surface area contributed by atoms with Crippen molar-refractivity contribution in [2.45, 2.75) is 13.5 Å². The number of nitrogens with zero attached hydrogens (tertiary/aromatic N) is 1. The molecular formula is C17H17F2N3O2S. The van der Waals surface area contributed by atoms with Gasteiger partial charge in [0.15, 0.2) is 5.11 Å². The maximum absolute atomic E-state index is 12.1. The van der Waals surface area contributed by atoms with Crippen molar-refractivity contribution in [2.24, 2.45) is 5.10 Å². The highest BCUT2D eigenvalue weighted by molar-refractivity contribution is 7.80. The van der Waals surface area contributed by atoms with Gasteiger partial charge in [0, 0.05) is 5.69 Å². The molecule has 0 atom stereocenters. The summed E-state index contributed by atoms with van der Waals surface area (Å²) >= 11 is 5.17. The molecule has 2 aromatic rings. The van der Waals surface area contributed by atoms with Crippen LogP contribution < -0.4 is 20.2 Å². The predicted octanol–water partition coefficient (Wildman–Crippen LogP) is 4.01. The first-order valence-electron chi connectivity index (χ1n) is 7.28. The Morgan fingerprint density at radius 3 is 2.20 bits per heavy atom. The van der Waals surface area contributed by atoms with Crippen molar-refractivity contribution in [3.05, 3.63) is 54.1 Å². The molecule has 0 heterocycles. The topological polar surface area (TPSA) is 54.9 Å². The zero-order valence-corrected chi connectivity index (χ0v) is 14.4. The molecule has 0 amide bonds. The molecular weight excluding hydrogens is 348 g/mol. The second-order valence-electron chi connectivity index (χ2n) is 4.89. The molecule has 0 radical (unpaired) electrons. The van der Waals surface area contributed by atoms with E-state index in [1.807, 2.05) is 24.3 Å². The summed E-state index contributed by atoms with van der Waals surface area (Å²) in [6.07, 6.45) is 0. The van der Waals surface area contributed by atoms with Crippen molar-refractivity contribution in [3.8, 4) is 11.5 Å². The molecule has 0 fully saturated rings. The first-order valence-corrected chi connectivity index (χ1v) is 7.69. The minimum Gasteiger partial charge on any atom is -0.497 e. The predicted molar refractivity (Wildman–Crippen MR) is 97.6 cm³/mol. The third-order valence-electron chi connectivity index (χ3n) is 3.17. The minimum absolute atomic E-state index is 0.0937. The number of methoxy groups -OCH3 is 1. The quantitative estimate of drug-likeness (QED) is 0.460. The van der Waals surface area contributed by atoms with Crippen LogP contribution in [0.4, 0.5) is 14.5 Å². The van der Waals surface area contributed by atoms with Crippen molar-refractivity contribution in [2.75, 3.05) is 12.4 Å². The highest BCUT2D eigenvalue weighted by Crippen LogP contribution is 2.16. The van der Waals surface area contributed by atoms with Crippen LogP contribution in [0.25, 0.3) is 0 Å². The van der Waals surface area contributed by atoms with Crippen LogP contribution in [0.5, 0.6) is 11.5 Å². The van der Waals surface area contributed by atoms with Crippen LogP contribution >= 0.6 is 12.2 Å². The van der Waals surface area contributed by atoms with E-state index in [9.17, 15) is 8.78 Å². The van der Waals surface area contributed by atoms with E-state index in [-0.39, 0.29) is 5.75 Å². The Balaban J connectivity index is 1.91. The summed E-state index contributed by atoms with van der Waals surface area (Å²) in [5, 5.41) is 7.47. The second kappa shape index (κ2) is 8.93. The number of hydrogen-bond donors (Lipinski definition) is 2. The van der Waals surface area contributed by atoms with Crippen LogP contribution in [0.2, 0.25) is 0 Å². The van der Waals surface area contributed by atoms with Gasteiger partial charge in [0.1, 0.15) is 11.5 Å². The molecule has 0 aromatic heterocycles. The lowest BCUT2D eigenvalue weighted by atomic mass is 10.1. The molecule has 0 spiro atoms. The van der Waals surface area contributed by atoms with Crippen LogP contribution in [0.15, 0.2) is 53.6 Å². The fourth-order valence-electron chi connectivity index (χ4n) is 1.91. The molecule has 2 rings (SSSR count). The van der Waals surface area contributed by atoms with Gasteiger partial charge in [0.25, 0.3) is 0 Å². The lowest BCUT2D eigenvalue weighted by Crippen LogP contribution is -2.24. The summed E-state index contributed by atoms with van der Waals surface area (Å²) in [4.78, 5) is 0. The molecule has 0 bridgehead atoms. The fourth-order valence-corrected chi connectivity index (χ4v) is 2.07. The van der Waals surface area contributed by atoms with Crippen molar-refractivity contribution < 1.29 is 18.3 Å². The molecule has 25 heavy (non-hydrogen) atoms. The van der Waals surface area contributed by atoms with Gasteiger partial charge < -0.3 is 14.8 Å². The standard InChI is InChI=1S/C17H17F2N3O2S/c1-11(12-3-7-15(8-4-12)24-16(18)19)21-22-17(25)20-13-5-9-14(23-2)10-6-13/h3-10,16H,1-2H3,(H2,20,22,25)/b21-11+. The van der Waals surface area contributed by atoms with E-state index in [1.54, 1.807) is 26.2 Å². The number of alkyl halides is 2. The number of hydrogen-bond acceptors (Lipinski definition) is 4. The third-order valence-corrected chi connectivity index (χ3v) is 3.36. The third kappa shape index (κ3) is 6.00. The fraction of sp³-hybridized carbons (Fsp3) is 0.176. The van der Waals surface area contributed by atoms with Crippen molar-refractivity contribution in [1.29, 1.82) is 0 Å². The van der Waals surface area contributed by atoms with E-state index < -0.39 is 6.61 Å². The summed E-state index contributed by atoms with van der Waals surface area (Å²) in [7, 11) is 1.60. The number of nitrogens with one attached hydrogen (secondary N) is 2. The van der Waals surface area contributed by atoms with Gasteiger partial charge in [-0.2, -0.15) is 13.9 Å². The first-order chi connectivity index (χ1) is 12.0. The lowest BCUT2D eigenvalue weighted by molar-refractivity contribution is -0.0498. The van der Waals surface area contributed by atoms with Crippen molar-refractivity contribution >= 4 is 28.7 Å². The summed E-state index contributed by atoms with van der Waals surface area (Å²) in [5.74, 6) is 0.841. The molecule has 0 aliphatic heterocycles. The molecule has 0 saturated heterocycles. The molecule has 132 valence electrons. The summed E-state index contributed by atoms with van der Waals surface area (Å²) in [6, 6.07) is 13.4. The molecule has 8 heteroatoms. The average molecular weight is 365 g/mol. The van der Waals surface area contributed by atoms with Crippen LogP contribution in [-0.4, -0.2) is 24.5 Å². The zero-order valence-electron chi connectivity index (χ0n) is 13.6. The zero-order chi connectivity index (χ0) is 18.2. The smallest absolute Gasteiger partial charge is 0.387 e. The number of rotatable bonds is 6. The van der Waals surface area contributed by atoms with Crippen LogP contribution in [0.1, 0.15) is 12.5 Å². The molecule has 5 nitrogen and oxygen atoms in total. The van der Waals surface area contributed by atoms with Gasteiger partial charge in [-0.25, -0.2) is 0 Å². The summed E-state index contributed by atoms with van der Waals surface area (Å²) in [6.45, 7) is -1.07. The van der Waals surface area contributed by atoms with E-state index in [0.29, 0.717) is 10.8 Å². The maximum Gasteiger partial charge on any atom is 0.387 e. The maximum atomic E-state index is 12.1. The lowest BCUT2D eigenvalue weighted by Gasteiger charge is -2.09. The van der Waals surface area contributed by atoms with Crippen molar-refractivity contribution in [1.82, 2.24) is 5.43 Å². The number of thiocarbonyl (C=S) groups is 1. The first kappa shape index (κ1) is 18.6. The Morgan fingerprint density at radius 1 is 1.04 bits per heavy atom. The highest BCUT2D eigenvalue weighted by atomic mass is 32.1. The number of halogens is 2. The van der Waals surface area contributed by atoms with Gasteiger partial charge >= 0.3 is 6.61 Å². The van der Waals surface area contributed by atoms with E-state index in [4.69, 9.17) is 17.0 Å². The van der Waals surface area contributed by atoms with Crippen LogP contribution in [0.3, 0.4) is 0 Å². The van der Waals surface area contributed by atoms with E-state index >= 15 is 0 Å². The van der Waals surface area contributed by atoms with Gasteiger partial charge in [0.2, 0.25) is 0 Å². The van der Waals surface area contributed by atoms with Gasteiger partial charge in [0.05, 0.1) is 12.8 Å².